The molecule has 0 radical (unpaired) electrons. The fourth-order valence-corrected chi connectivity index (χ4v) is 6.34. The Morgan fingerprint density at radius 3 is 2.80 bits per heavy atom. The smallest absolute Gasteiger partial charge is 0.226 e. The van der Waals surface area contributed by atoms with Gasteiger partial charge >= 0.3 is 0 Å². The molecule has 1 saturated carbocycles. The summed E-state index contributed by atoms with van der Waals surface area (Å²) < 4.78 is 32.7. The average molecular weight is 579 g/mol. The Labute approximate surface area is 238 Å². The van der Waals surface area contributed by atoms with Crippen LogP contribution in [0, 0.1) is 5.92 Å². The SMILES string of the molecule is CS(=O)(=O)CCCOc1cccc2c1ccn2-c1ccnc(NC2CCC(C(=O)N3CCn4cnnc4C3)CC2)n1. The van der Waals surface area contributed by atoms with Crippen LogP contribution in [0.4, 0.5) is 5.95 Å². The lowest BCUT2D eigenvalue weighted by atomic mass is 9.85. The highest BCUT2D eigenvalue weighted by molar-refractivity contribution is 7.90. The molecule has 0 bridgehead atoms. The first-order valence-corrected chi connectivity index (χ1v) is 16.1. The van der Waals surface area contributed by atoms with Crippen molar-refractivity contribution in [1.82, 2.24) is 34.2 Å². The van der Waals surface area contributed by atoms with Crippen LogP contribution in [0.15, 0.2) is 49.1 Å². The monoisotopic (exact) mass is 578 g/mol. The number of hydrogen-bond acceptors (Lipinski definition) is 9. The van der Waals surface area contributed by atoms with Crippen LogP contribution < -0.4 is 10.1 Å². The number of anilines is 1. The molecule has 0 atom stereocenters. The number of benzene rings is 1. The highest BCUT2D eigenvalue weighted by atomic mass is 32.2. The minimum absolute atomic E-state index is 0.0313. The molecule has 0 saturated heterocycles. The maximum atomic E-state index is 13.2. The Morgan fingerprint density at radius 1 is 1.12 bits per heavy atom. The van der Waals surface area contributed by atoms with Crippen molar-refractivity contribution in [2.45, 2.75) is 51.2 Å². The first kappa shape index (κ1) is 27.2. The molecule has 1 amide bonds. The minimum Gasteiger partial charge on any atom is -0.493 e. The van der Waals surface area contributed by atoms with Crippen molar-refractivity contribution in [1.29, 1.82) is 0 Å². The molecule has 1 aromatic carbocycles. The quantitative estimate of drug-likeness (QED) is 0.297. The molecule has 41 heavy (non-hydrogen) atoms. The van der Waals surface area contributed by atoms with E-state index in [4.69, 9.17) is 9.72 Å². The number of aromatic nitrogens is 6. The Kier molecular flexibility index (Phi) is 7.61. The van der Waals surface area contributed by atoms with E-state index in [1.807, 2.05) is 50.6 Å². The molecule has 1 N–H and O–H groups in total. The maximum Gasteiger partial charge on any atom is 0.226 e. The second kappa shape index (κ2) is 11.5. The van der Waals surface area contributed by atoms with E-state index >= 15 is 0 Å². The normalized spacial score (nSPS) is 19.2. The minimum atomic E-state index is -3.01. The molecule has 13 heteroatoms. The topological polar surface area (TPSA) is 137 Å². The molecule has 3 aromatic heterocycles. The molecule has 216 valence electrons. The van der Waals surface area contributed by atoms with E-state index in [2.05, 4.69) is 20.5 Å². The van der Waals surface area contributed by atoms with Crippen LogP contribution in [-0.2, 0) is 27.7 Å². The van der Waals surface area contributed by atoms with Crippen molar-refractivity contribution in [3.8, 4) is 11.6 Å². The Bertz CT molecular complexity index is 1640. The number of nitrogens with zero attached hydrogens (tertiary/aromatic N) is 7. The summed E-state index contributed by atoms with van der Waals surface area (Å²) in [6.45, 7) is 2.30. The van der Waals surface area contributed by atoms with E-state index < -0.39 is 9.84 Å². The van der Waals surface area contributed by atoms with E-state index in [0.717, 1.165) is 54.8 Å². The van der Waals surface area contributed by atoms with Crippen LogP contribution in [0.2, 0.25) is 0 Å². The zero-order valence-corrected chi connectivity index (χ0v) is 23.8. The highest BCUT2D eigenvalue weighted by Gasteiger charge is 2.31. The summed E-state index contributed by atoms with van der Waals surface area (Å²) in [4.78, 5) is 24.3. The molecular weight excluding hydrogens is 544 g/mol. The standard InChI is InChI=1S/C28H34N8O4S/c1-41(38,39)17-3-16-40-24-5-2-4-23-22(24)11-13-36(23)25-10-12-29-28(32-25)31-21-8-6-20(7-9-21)27(37)34-14-15-35-19-30-33-26(35)18-34/h2,4-5,10-13,19-21H,3,6-9,14-18H2,1H3,(H,29,31,32). The summed E-state index contributed by atoms with van der Waals surface area (Å²) in [7, 11) is -3.01. The van der Waals surface area contributed by atoms with Crippen LogP contribution in [0.5, 0.6) is 5.75 Å². The second-order valence-electron chi connectivity index (χ2n) is 10.8. The van der Waals surface area contributed by atoms with Crippen LogP contribution in [-0.4, -0.2) is 79.7 Å². The van der Waals surface area contributed by atoms with Crippen LogP contribution >= 0.6 is 0 Å². The second-order valence-corrected chi connectivity index (χ2v) is 13.1. The van der Waals surface area contributed by atoms with Gasteiger partial charge in [-0.15, -0.1) is 10.2 Å². The van der Waals surface area contributed by atoms with Gasteiger partial charge in [-0.25, -0.2) is 13.4 Å². The number of hydrogen-bond donors (Lipinski definition) is 1. The number of ether oxygens (including phenoxy) is 1. The van der Waals surface area contributed by atoms with E-state index in [0.29, 0.717) is 37.8 Å². The van der Waals surface area contributed by atoms with Gasteiger partial charge in [-0.2, -0.15) is 4.98 Å². The van der Waals surface area contributed by atoms with Crippen molar-refractivity contribution >= 4 is 32.6 Å². The van der Waals surface area contributed by atoms with Gasteiger partial charge in [0.1, 0.15) is 27.7 Å². The molecule has 12 nitrogen and oxygen atoms in total. The van der Waals surface area contributed by atoms with Gasteiger partial charge in [-0.3, -0.25) is 4.79 Å². The van der Waals surface area contributed by atoms with Gasteiger partial charge in [0.25, 0.3) is 0 Å². The largest absolute Gasteiger partial charge is 0.493 e. The van der Waals surface area contributed by atoms with Crippen molar-refractivity contribution in [2.24, 2.45) is 5.92 Å². The number of amides is 1. The third-order valence-electron chi connectivity index (χ3n) is 7.86. The number of rotatable bonds is 9. The number of carbonyl (C=O) groups is 1. The lowest BCUT2D eigenvalue weighted by molar-refractivity contribution is -0.138. The molecule has 1 fully saturated rings. The molecule has 0 unspecified atom stereocenters. The van der Waals surface area contributed by atoms with Gasteiger partial charge in [0, 0.05) is 49.1 Å². The predicted molar refractivity (Wildman–Crippen MR) is 153 cm³/mol. The molecule has 1 aliphatic carbocycles. The summed E-state index contributed by atoms with van der Waals surface area (Å²) in [5.74, 6) is 3.19. The summed E-state index contributed by atoms with van der Waals surface area (Å²) in [5, 5.41) is 12.5. The molecule has 1 aliphatic heterocycles. The van der Waals surface area contributed by atoms with Gasteiger partial charge < -0.3 is 24.1 Å². The fraction of sp³-hybridized carbons (Fsp3) is 0.464. The molecule has 2 aliphatic rings. The third-order valence-corrected chi connectivity index (χ3v) is 8.89. The molecule has 6 rings (SSSR count). The van der Waals surface area contributed by atoms with Gasteiger partial charge in [-0.05, 0) is 56.4 Å². The third kappa shape index (κ3) is 6.19. The van der Waals surface area contributed by atoms with Gasteiger partial charge in [-0.1, -0.05) is 6.07 Å². The van der Waals surface area contributed by atoms with Gasteiger partial charge in [0.15, 0.2) is 5.82 Å². The molecule has 4 aromatic rings. The highest BCUT2D eigenvalue weighted by Crippen LogP contribution is 2.30. The van der Waals surface area contributed by atoms with Gasteiger partial charge in [0.05, 0.1) is 24.4 Å². The summed E-state index contributed by atoms with van der Waals surface area (Å²) >= 11 is 0. The number of fused-ring (bicyclic) bond motifs is 2. The zero-order chi connectivity index (χ0) is 28.4. The zero-order valence-electron chi connectivity index (χ0n) is 23.0. The molecular formula is C28H34N8O4S. The van der Waals surface area contributed by atoms with E-state index in [1.165, 1.54) is 6.26 Å². The molecule has 0 spiro atoms. The number of nitrogens with one attached hydrogen (secondary N) is 1. The van der Waals surface area contributed by atoms with Gasteiger partial charge in [0.2, 0.25) is 11.9 Å². The van der Waals surface area contributed by atoms with Crippen molar-refractivity contribution < 1.29 is 17.9 Å². The summed E-state index contributed by atoms with van der Waals surface area (Å²) in [5.41, 5.74) is 0.935. The van der Waals surface area contributed by atoms with E-state index in [-0.39, 0.29) is 23.6 Å². The summed E-state index contributed by atoms with van der Waals surface area (Å²) in [6.07, 6.45) is 10.5. The Hall–Kier alpha value is -4.00. The molecule has 4 heterocycles. The Balaban J connectivity index is 1.06. The average Bonchev–Trinajstić information content (AvgIpc) is 3.62. The fourth-order valence-electron chi connectivity index (χ4n) is 5.70. The number of sulfone groups is 1. The van der Waals surface area contributed by atoms with Crippen LogP contribution in [0.3, 0.4) is 0 Å². The van der Waals surface area contributed by atoms with Crippen molar-refractivity contribution in [2.75, 3.05) is 30.5 Å². The van der Waals surface area contributed by atoms with Crippen LogP contribution in [0.1, 0.15) is 37.9 Å². The van der Waals surface area contributed by atoms with Crippen molar-refractivity contribution in [3.63, 3.8) is 0 Å². The first-order chi connectivity index (χ1) is 19.8. The lowest BCUT2D eigenvalue weighted by Gasteiger charge is -2.34. The first-order valence-electron chi connectivity index (χ1n) is 14.0. The predicted octanol–water partition coefficient (Wildman–Crippen LogP) is 2.84. The number of carbonyl (C=O) groups excluding carboxylic acids is 1. The van der Waals surface area contributed by atoms with Crippen LogP contribution in [0.25, 0.3) is 16.7 Å². The van der Waals surface area contributed by atoms with E-state index in [1.54, 1.807) is 12.5 Å². The van der Waals surface area contributed by atoms with Crippen molar-refractivity contribution in [3.05, 3.63) is 54.9 Å². The maximum absolute atomic E-state index is 13.2. The Morgan fingerprint density at radius 2 is 1.98 bits per heavy atom. The lowest BCUT2D eigenvalue weighted by Crippen LogP contribution is -2.43. The van der Waals surface area contributed by atoms with E-state index in [9.17, 15) is 13.2 Å². The summed E-state index contributed by atoms with van der Waals surface area (Å²) in [6, 6.07) is 9.84.